The summed E-state index contributed by atoms with van der Waals surface area (Å²) >= 11 is 3.41. The number of benzene rings is 2. The second-order valence-corrected chi connectivity index (χ2v) is 8.17. The molecule has 0 saturated heterocycles. The molecular weight excluding hydrogens is 436 g/mol. The number of halogens is 1. The fraction of sp³-hybridized carbons (Fsp3) is 0.304. The van der Waals surface area contributed by atoms with Gasteiger partial charge in [-0.1, -0.05) is 30.3 Å². The van der Waals surface area contributed by atoms with Gasteiger partial charge in [0.25, 0.3) is 0 Å². The predicted octanol–water partition coefficient (Wildman–Crippen LogP) is 4.97. The number of para-hydroxylation sites is 1. The Morgan fingerprint density at radius 1 is 1.10 bits per heavy atom. The molecule has 0 aromatic heterocycles. The molecule has 1 aliphatic carbocycles. The number of carbonyl (C=O) groups excluding carboxylic acids is 2. The summed E-state index contributed by atoms with van der Waals surface area (Å²) in [4.78, 5) is 25.4. The van der Waals surface area contributed by atoms with Gasteiger partial charge in [-0.25, -0.2) is 4.79 Å². The lowest BCUT2D eigenvalue weighted by atomic mass is 9.80. The van der Waals surface area contributed by atoms with E-state index in [9.17, 15) is 9.59 Å². The Bertz CT molecular complexity index is 967. The lowest BCUT2D eigenvalue weighted by Crippen LogP contribution is -2.43. The summed E-state index contributed by atoms with van der Waals surface area (Å²) in [5.74, 6) is 0.0808. The molecule has 2 aliphatic rings. The molecule has 1 heterocycles. The molecule has 2 aromatic rings. The van der Waals surface area contributed by atoms with Crippen molar-refractivity contribution in [2.75, 3.05) is 0 Å². The summed E-state index contributed by atoms with van der Waals surface area (Å²) in [5.41, 5.74) is 1.45. The maximum Gasteiger partial charge on any atom is 0.338 e. The van der Waals surface area contributed by atoms with E-state index in [1.54, 1.807) is 12.1 Å². The van der Waals surface area contributed by atoms with Gasteiger partial charge in [0.1, 0.15) is 24.2 Å². The molecule has 150 valence electrons. The normalized spacial score (nSPS) is 23.4. The zero-order valence-electron chi connectivity index (χ0n) is 16.0. The molecule has 3 unspecified atom stereocenters. The molecule has 2 aromatic carbocycles. The molecule has 0 bridgehead atoms. The van der Waals surface area contributed by atoms with Crippen LogP contribution in [0.25, 0.3) is 0 Å². The van der Waals surface area contributed by atoms with Crippen molar-refractivity contribution in [3.63, 3.8) is 0 Å². The van der Waals surface area contributed by atoms with E-state index in [0.29, 0.717) is 30.6 Å². The first-order chi connectivity index (χ1) is 14.0. The molecule has 0 radical (unpaired) electrons. The van der Waals surface area contributed by atoms with Gasteiger partial charge in [0.2, 0.25) is 11.5 Å². The Hall–Kier alpha value is -2.60. The fourth-order valence-electron chi connectivity index (χ4n) is 3.78. The highest BCUT2D eigenvalue weighted by atomic mass is 79.9. The second-order valence-electron chi connectivity index (χ2n) is 7.32. The van der Waals surface area contributed by atoms with E-state index in [4.69, 9.17) is 14.2 Å². The maximum atomic E-state index is 12.9. The number of carbonyl (C=O) groups is 2. The molecule has 1 aliphatic heterocycles. The first-order valence-corrected chi connectivity index (χ1v) is 10.4. The summed E-state index contributed by atoms with van der Waals surface area (Å²) < 4.78 is 18.0. The van der Waals surface area contributed by atoms with Crippen LogP contribution in [0.4, 0.5) is 0 Å². The lowest BCUT2D eigenvalue weighted by Gasteiger charge is -2.36. The van der Waals surface area contributed by atoms with Crippen LogP contribution < -0.4 is 4.74 Å². The molecule has 29 heavy (non-hydrogen) atoms. The Morgan fingerprint density at radius 3 is 2.66 bits per heavy atom. The average Bonchev–Trinajstić information content (AvgIpc) is 2.72. The minimum Gasteiger partial charge on any atom is -0.493 e. The molecule has 5 nitrogen and oxygen atoms in total. The van der Waals surface area contributed by atoms with Crippen molar-refractivity contribution in [1.82, 2.24) is 0 Å². The summed E-state index contributed by atoms with van der Waals surface area (Å²) in [7, 11) is 0. The summed E-state index contributed by atoms with van der Waals surface area (Å²) in [5, 5.41) is 0. The Kier molecular flexibility index (Phi) is 5.72. The largest absolute Gasteiger partial charge is 0.493 e. The van der Waals surface area contributed by atoms with Crippen LogP contribution in [0.5, 0.6) is 5.75 Å². The average molecular weight is 457 g/mol. The number of fused-ring (bicyclic) bond motifs is 1. The van der Waals surface area contributed by atoms with Crippen molar-refractivity contribution >= 4 is 27.7 Å². The van der Waals surface area contributed by atoms with Crippen molar-refractivity contribution in [1.29, 1.82) is 0 Å². The third kappa shape index (κ3) is 4.22. The van der Waals surface area contributed by atoms with Crippen LogP contribution in [0.2, 0.25) is 0 Å². The number of rotatable bonds is 4. The number of Topliss-reactive ketones (excluding diaryl/α,β-unsaturated/α-hetero) is 1. The molecule has 0 amide bonds. The molecular formula is C23H21BrO5. The topological polar surface area (TPSA) is 61.8 Å². The van der Waals surface area contributed by atoms with E-state index in [-0.39, 0.29) is 35.6 Å². The van der Waals surface area contributed by atoms with Crippen molar-refractivity contribution in [3.8, 4) is 5.75 Å². The van der Waals surface area contributed by atoms with Crippen molar-refractivity contribution in [2.24, 2.45) is 5.92 Å². The lowest BCUT2D eigenvalue weighted by molar-refractivity contribution is -0.132. The molecule has 1 fully saturated rings. The number of allylic oxidation sites excluding steroid dienone is 1. The van der Waals surface area contributed by atoms with Gasteiger partial charge in [0.05, 0.1) is 16.0 Å². The van der Waals surface area contributed by atoms with Crippen LogP contribution in [0.1, 0.15) is 35.2 Å². The quantitative estimate of drug-likeness (QED) is 0.607. The summed E-state index contributed by atoms with van der Waals surface area (Å²) in [6.07, 6.45) is 2.51. The first-order valence-electron chi connectivity index (χ1n) is 9.62. The van der Waals surface area contributed by atoms with Crippen molar-refractivity contribution in [2.45, 2.75) is 38.4 Å². The van der Waals surface area contributed by atoms with E-state index in [1.807, 2.05) is 43.3 Å². The third-order valence-corrected chi connectivity index (χ3v) is 6.02. The van der Waals surface area contributed by atoms with Crippen LogP contribution in [0, 0.1) is 12.8 Å². The summed E-state index contributed by atoms with van der Waals surface area (Å²) in [6.45, 7) is 1.88. The zero-order valence-corrected chi connectivity index (χ0v) is 17.6. The number of hydrogen-bond acceptors (Lipinski definition) is 5. The van der Waals surface area contributed by atoms with E-state index < -0.39 is 0 Å². The SMILES string of the molecule is Cc1ccccc1C(=O)OC1CCC2C(=O)C(Oc3ccccc3Br)=COC2C1. The monoisotopic (exact) mass is 456 g/mol. The highest BCUT2D eigenvalue weighted by Gasteiger charge is 2.42. The van der Waals surface area contributed by atoms with Crippen LogP contribution >= 0.6 is 15.9 Å². The van der Waals surface area contributed by atoms with E-state index in [2.05, 4.69) is 15.9 Å². The van der Waals surface area contributed by atoms with E-state index >= 15 is 0 Å². The molecule has 4 rings (SSSR count). The van der Waals surface area contributed by atoms with E-state index in [1.165, 1.54) is 6.26 Å². The number of hydrogen-bond donors (Lipinski definition) is 0. The predicted molar refractivity (Wildman–Crippen MR) is 110 cm³/mol. The Balaban J connectivity index is 1.41. The highest BCUT2D eigenvalue weighted by Crippen LogP contribution is 2.36. The number of aryl methyl sites for hydroxylation is 1. The minimum atomic E-state index is -0.331. The maximum absolute atomic E-state index is 12.9. The molecule has 1 saturated carbocycles. The molecule has 3 atom stereocenters. The van der Waals surface area contributed by atoms with Gasteiger partial charge in [0, 0.05) is 6.42 Å². The highest BCUT2D eigenvalue weighted by molar-refractivity contribution is 9.10. The Morgan fingerprint density at radius 2 is 1.86 bits per heavy atom. The van der Waals surface area contributed by atoms with Gasteiger partial charge < -0.3 is 14.2 Å². The van der Waals surface area contributed by atoms with Crippen LogP contribution in [-0.2, 0) is 14.3 Å². The number of esters is 1. The van der Waals surface area contributed by atoms with Gasteiger partial charge in [-0.15, -0.1) is 0 Å². The summed E-state index contributed by atoms with van der Waals surface area (Å²) in [6, 6.07) is 14.7. The van der Waals surface area contributed by atoms with Gasteiger partial charge in [-0.2, -0.15) is 0 Å². The van der Waals surface area contributed by atoms with Gasteiger partial charge in [-0.05, 0) is 59.5 Å². The second kappa shape index (κ2) is 8.41. The van der Waals surface area contributed by atoms with Crippen molar-refractivity contribution < 1.29 is 23.8 Å². The minimum absolute atomic E-state index is 0.0688. The molecule has 0 spiro atoms. The molecule has 6 heteroatoms. The Labute approximate surface area is 177 Å². The fourth-order valence-corrected chi connectivity index (χ4v) is 4.14. The molecule has 0 N–H and O–H groups in total. The van der Waals surface area contributed by atoms with Gasteiger partial charge in [0.15, 0.2) is 0 Å². The standard InChI is InChI=1S/C23H21BrO5/c1-14-6-2-3-7-16(14)23(26)28-15-10-11-17-20(12-15)27-13-21(22(17)25)29-19-9-5-4-8-18(19)24/h2-9,13,15,17,20H,10-12H2,1H3. The number of ketones is 1. The van der Waals surface area contributed by atoms with Crippen LogP contribution in [-0.4, -0.2) is 24.0 Å². The number of ether oxygens (including phenoxy) is 3. The van der Waals surface area contributed by atoms with Crippen molar-refractivity contribution in [3.05, 3.63) is 76.2 Å². The van der Waals surface area contributed by atoms with E-state index in [0.717, 1.165) is 10.0 Å². The smallest absolute Gasteiger partial charge is 0.338 e. The third-order valence-electron chi connectivity index (χ3n) is 5.37. The van der Waals surface area contributed by atoms with Crippen LogP contribution in [0.15, 0.2) is 65.0 Å². The van der Waals surface area contributed by atoms with Crippen LogP contribution in [0.3, 0.4) is 0 Å². The van der Waals surface area contributed by atoms with Gasteiger partial charge >= 0.3 is 5.97 Å². The zero-order chi connectivity index (χ0) is 20.4. The van der Waals surface area contributed by atoms with Gasteiger partial charge in [-0.3, -0.25) is 4.79 Å². The first kappa shape index (κ1) is 19.7.